The third-order valence-electron chi connectivity index (χ3n) is 1.61. The van der Waals surface area contributed by atoms with E-state index in [4.69, 9.17) is 34.8 Å². The van der Waals surface area contributed by atoms with Crippen LogP contribution >= 0.6 is 34.8 Å². The first-order valence-corrected chi connectivity index (χ1v) is 4.62. The molecule has 0 unspecified atom stereocenters. The molecule has 0 heterocycles. The number of hydrogen-bond donors (Lipinski definition) is 0. The van der Waals surface area contributed by atoms with Gasteiger partial charge in [0.25, 0.3) is 0 Å². The van der Waals surface area contributed by atoms with Gasteiger partial charge in [-0.2, -0.15) is 13.2 Å². The molecule has 1 nitrogen and oxygen atoms in total. The molecule has 0 aliphatic carbocycles. The lowest BCUT2D eigenvalue weighted by Crippen LogP contribution is -2.07. The molecule has 82 valence electrons. The Morgan fingerprint density at radius 1 is 1.07 bits per heavy atom. The van der Waals surface area contributed by atoms with Gasteiger partial charge in [0, 0.05) is 5.56 Å². The van der Waals surface area contributed by atoms with E-state index in [9.17, 15) is 18.0 Å². The van der Waals surface area contributed by atoms with Gasteiger partial charge in [0.15, 0.2) is 6.29 Å². The summed E-state index contributed by atoms with van der Waals surface area (Å²) >= 11 is 16.3. The summed E-state index contributed by atoms with van der Waals surface area (Å²) < 4.78 is 37.1. The quantitative estimate of drug-likeness (QED) is 0.546. The maximum absolute atomic E-state index is 12.4. The Labute approximate surface area is 97.7 Å². The number of aldehydes is 1. The number of rotatable bonds is 1. The zero-order valence-corrected chi connectivity index (χ0v) is 9.10. The molecule has 1 rings (SSSR count). The molecular formula is C8H2Cl3F3O. The van der Waals surface area contributed by atoms with Crippen LogP contribution in [0.15, 0.2) is 6.07 Å². The van der Waals surface area contributed by atoms with Crippen molar-refractivity contribution in [2.24, 2.45) is 0 Å². The fourth-order valence-electron chi connectivity index (χ4n) is 0.916. The maximum atomic E-state index is 12.4. The molecule has 0 fully saturated rings. The zero-order chi connectivity index (χ0) is 11.8. The van der Waals surface area contributed by atoms with Gasteiger partial charge in [-0.3, -0.25) is 4.79 Å². The molecule has 0 amide bonds. The van der Waals surface area contributed by atoms with E-state index in [1.165, 1.54) is 0 Å². The smallest absolute Gasteiger partial charge is 0.298 e. The van der Waals surface area contributed by atoms with Gasteiger partial charge in [0.05, 0.1) is 20.6 Å². The van der Waals surface area contributed by atoms with Gasteiger partial charge >= 0.3 is 6.18 Å². The first-order valence-electron chi connectivity index (χ1n) is 3.49. The summed E-state index contributed by atoms with van der Waals surface area (Å²) in [7, 11) is 0. The van der Waals surface area contributed by atoms with Gasteiger partial charge in [-0.05, 0) is 6.07 Å². The zero-order valence-electron chi connectivity index (χ0n) is 6.83. The van der Waals surface area contributed by atoms with Crippen LogP contribution in [-0.4, -0.2) is 6.29 Å². The Bertz CT molecular complexity index is 415. The number of hydrogen-bond acceptors (Lipinski definition) is 1. The normalized spacial score (nSPS) is 11.6. The van der Waals surface area contributed by atoms with E-state index in [-0.39, 0.29) is 16.9 Å². The highest BCUT2D eigenvalue weighted by Gasteiger charge is 2.35. The van der Waals surface area contributed by atoms with Crippen molar-refractivity contribution in [1.29, 1.82) is 0 Å². The van der Waals surface area contributed by atoms with Gasteiger partial charge in [-0.25, -0.2) is 0 Å². The van der Waals surface area contributed by atoms with Crippen molar-refractivity contribution in [3.63, 3.8) is 0 Å². The number of alkyl halides is 3. The molecule has 0 bridgehead atoms. The van der Waals surface area contributed by atoms with Crippen LogP contribution in [0.2, 0.25) is 15.1 Å². The summed E-state index contributed by atoms with van der Waals surface area (Å²) in [5.41, 5.74) is -1.53. The molecule has 15 heavy (non-hydrogen) atoms. The third-order valence-corrected chi connectivity index (χ3v) is 2.98. The SMILES string of the molecule is O=Cc1cc(C(F)(F)F)c(Cl)c(Cl)c1Cl. The lowest BCUT2D eigenvalue weighted by atomic mass is 10.1. The average molecular weight is 277 g/mol. The molecule has 0 aliphatic rings. The van der Waals surface area contributed by atoms with Crippen LogP contribution in [0.4, 0.5) is 13.2 Å². The summed E-state index contributed by atoms with van der Waals surface area (Å²) in [6.07, 6.45) is -4.50. The van der Waals surface area contributed by atoms with Crippen LogP contribution in [0.25, 0.3) is 0 Å². The third kappa shape index (κ3) is 2.38. The second-order valence-corrected chi connectivity index (χ2v) is 3.70. The summed E-state index contributed by atoms with van der Waals surface area (Å²) in [5.74, 6) is 0. The van der Waals surface area contributed by atoms with Crippen LogP contribution in [0.1, 0.15) is 15.9 Å². The Morgan fingerprint density at radius 3 is 2.00 bits per heavy atom. The van der Waals surface area contributed by atoms with Crippen LogP contribution in [0, 0.1) is 0 Å². The monoisotopic (exact) mass is 276 g/mol. The highest BCUT2D eigenvalue weighted by molar-refractivity contribution is 6.49. The van der Waals surface area contributed by atoms with E-state index in [0.717, 1.165) is 0 Å². The predicted molar refractivity (Wildman–Crippen MR) is 51.9 cm³/mol. The molecule has 1 aromatic rings. The standard InChI is InChI=1S/C8H2Cl3F3O/c9-5-3(2-15)1-4(8(12,13)14)6(10)7(5)11/h1-2H. The van der Waals surface area contributed by atoms with Crippen molar-refractivity contribution in [3.8, 4) is 0 Å². The molecule has 7 heteroatoms. The lowest BCUT2D eigenvalue weighted by Gasteiger charge is -2.12. The van der Waals surface area contributed by atoms with Crippen LogP contribution in [-0.2, 0) is 6.18 Å². The minimum atomic E-state index is -4.68. The summed E-state index contributed by atoms with van der Waals surface area (Å²) in [4.78, 5) is 10.4. The van der Waals surface area contributed by atoms with Crippen molar-refractivity contribution in [3.05, 3.63) is 32.3 Å². The molecule has 0 radical (unpaired) electrons. The molecule has 0 saturated heterocycles. The van der Waals surface area contributed by atoms with Crippen LogP contribution in [0.5, 0.6) is 0 Å². The molecule has 0 aromatic heterocycles. The van der Waals surface area contributed by atoms with E-state index in [0.29, 0.717) is 6.07 Å². The number of halogens is 6. The Kier molecular flexibility index (Phi) is 3.53. The average Bonchev–Trinajstić information content (AvgIpc) is 2.13. The first-order chi connectivity index (χ1) is 6.79. The predicted octanol–water partition coefficient (Wildman–Crippen LogP) is 4.48. The van der Waals surface area contributed by atoms with E-state index in [1.54, 1.807) is 0 Å². The molecule has 0 saturated carbocycles. The van der Waals surface area contributed by atoms with E-state index < -0.39 is 21.8 Å². The van der Waals surface area contributed by atoms with Gasteiger partial charge < -0.3 is 0 Å². The number of carbonyl (C=O) groups is 1. The highest BCUT2D eigenvalue weighted by Crippen LogP contribution is 2.42. The highest BCUT2D eigenvalue weighted by atomic mass is 35.5. The Hall–Kier alpha value is -0.450. The van der Waals surface area contributed by atoms with Crippen molar-refractivity contribution in [2.45, 2.75) is 6.18 Å². The largest absolute Gasteiger partial charge is 0.417 e. The van der Waals surface area contributed by atoms with Gasteiger partial charge in [-0.15, -0.1) is 0 Å². The summed E-state index contributed by atoms with van der Waals surface area (Å²) in [5, 5.41) is -1.47. The van der Waals surface area contributed by atoms with Crippen LogP contribution in [0.3, 0.4) is 0 Å². The molecule has 0 atom stereocenters. The minimum Gasteiger partial charge on any atom is -0.298 e. The number of carbonyl (C=O) groups excluding carboxylic acids is 1. The van der Waals surface area contributed by atoms with Crippen molar-refractivity contribution in [2.75, 3.05) is 0 Å². The van der Waals surface area contributed by atoms with E-state index in [2.05, 4.69) is 0 Å². The minimum absolute atomic E-state index is 0.180. The second-order valence-electron chi connectivity index (χ2n) is 2.57. The van der Waals surface area contributed by atoms with E-state index >= 15 is 0 Å². The maximum Gasteiger partial charge on any atom is 0.417 e. The van der Waals surface area contributed by atoms with Gasteiger partial charge in [-0.1, -0.05) is 34.8 Å². The first kappa shape index (κ1) is 12.6. The van der Waals surface area contributed by atoms with Crippen molar-refractivity contribution >= 4 is 41.1 Å². The van der Waals surface area contributed by atoms with Gasteiger partial charge in [0.2, 0.25) is 0 Å². The fourth-order valence-corrected chi connectivity index (χ4v) is 1.62. The second kappa shape index (κ2) is 4.20. The lowest BCUT2D eigenvalue weighted by molar-refractivity contribution is -0.137. The van der Waals surface area contributed by atoms with Crippen molar-refractivity contribution < 1.29 is 18.0 Å². The van der Waals surface area contributed by atoms with Gasteiger partial charge in [0.1, 0.15) is 0 Å². The molecule has 0 spiro atoms. The molecule has 0 N–H and O–H groups in total. The topological polar surface area (TPSA) is 17.1 Å². The van der Waals surface area contributed by atoms with Crippen molar-refractivity contribution in [1.82, 2.24) is 0 Å². The molecular weight excluding hydrogens is 275 g/mol. The Balaban J connectivity index is 3.56. The number of benzene rings is 1. The van der Waals surface area contributed by atoms with Crippen LogP contribution < -0.4 is 0 Å². The molecule has 0 aliphatic heterocycles. The molecule has 1 aromatic carbocycles. The Morgan fingerprint density at radius 2 is 1.60 bits per heavy atom. The fraction of sp³-hybridized carbons (Fsp3) is 0.125. The van der Waals surface area contributed by atoms with E-state index in [1.807, 2.05) is 0 Å². The summed E-state index contributed by atoms with van der Waals surface area (Å²) in [6.45, 7) is 0. The summed E-state index contributed by atoms with van der Waals surface area (Å²) in [6, 6.07) is 0.559.